The van der Waals surface area contributed by atoms with Crippen LogP contribution in [0.2, 0.25) is 0 Å². The van der Waals surface area contributed by atoms with E-state index >= 15 is 0 Å². The molecule has 5 nitrogen and oxygen atoms in total. The highest BCUT2D eigenvalue weighted by atomic mass is 16.6. The number of carbonyl (C=O) groups excluding carboxylic acids is 2. The number of nitrogens with one attached hydrogen (secondary N) is 1. The van der Waals surface area contributed by atoms with Crippen LogP contribution in [0.15, 0.2) is 12.2 Å². The van der Waals surface area contributed by atoms with E-state index in [9.17, 15) is 14.7 Å². The molecule has 2 fully saturated rings. The van der Waals surface area contributed by atoms with Crippen molar-refractivity contribution in [3.8, 4) is 0 Å². The number of hydrogen-bond acceptors (Lipinski definition) is 4. The average molecular weight is 307 g/mol. The molecule has 0 aromatic rings. The molecular weight excluding hydrogens is 282 g/mol. The lowest BCUT2D eigenvalue weighted by Gasteiger charge is -2.60. The summed E-state index contributed by atoms with van der Waals surface area (Å²) in [4.78, 5) is 24.9. The Labute approximate surface area is 131 Å². The highest BCUT2D eigenvalue weighted by Gasteiger charge is 2.83. The molecule has 0 aromatic carbocycles. The highest BCUT2D eigenvalue weighted by molar-refractivity contribution is 6.02. The molecule has 5 atom stereocenters. The SMILES string of the molecule is CC[C@H]1C(=O)N[C@@]2([C@@](C)(O)[C@@H]3C=CCCC3)C(=O)O[C@@]12CC. The van der Waals surface area contributed by atoms with Gasteiger partial charge in [0.25, 0.3) is 0 Å². The van der Waals surface area contributed by atoms with E-state index in [-0.39, 0.29) is 11.8 Å². The first-order valence-electron chi connectivity index (χ1n) is 8.32. The molecule has 3 aliphatic rings. The number of fused-ring (bicyclic) bond motifs is 1. The van der Waals surface area contributed by atoms with E-state index in [0.29, 0.717) is 12.8 Å². The number of hydrogen-bond donors (Lipinski definition) is 2. The monoisotopic (exact) mass is 307 g/mol. The minimum atomic E-state index is -1.35. The molecule has 2 aliphatic heterocycles. The van der Waals surface area contributed by atoms with Crippen molar-refractivity contribution < 1.29 is 19.4 Å². The van der Waals surface area contributed by atoms with Crippen LogP contribution >= 0.6 is 0 Å². The Morgan fingerprint density at radius 3 is 2.68 bits per heavy atom. The van der Waals surface area contributed by atoms with Gasteiger partial charge in [-0.2, -0.15) is 0 Å². The van der Waals surface area contributed by atoms with E-state index in [1.807, 2.05) is 26.0 Å². The maximum absolute atomic E-state index is 12.5. The number of allylic oxidation sites excluding steroid dienone is 1. The first-order chi connectivity index (χ1) is 10.4. The van der Waals surface area contributed by atoms with Crippen molar-refractivity contribution in [1.82, 2.24) is 5.32 Å². The summed E-state index contributed by atoms with van der Waals surface area (Å²) in [6.45, 7) is 5.51. The molecule has 0 spiro atoms. The summed E-state index contributed by atoms with van der Waals surface area (Å²) < 4.78 is 5.55. The van der Waals surface area contributed by atoms with E-state index in [0.717, 1.165) is 19.3 Å². The molecular formula is C17H25NO4. The number of aliphatic hydroxyl groups is 1. The van der Waals surface area contributed by atoms with Gasteiger partial charge in [-0.1, -0.05) is 26.0 Å². The second kappa shape index (κ2) is 4.82. The molecule has 0 unspecified atom stereocenters. The molecule has 2 N–H and O–H groups in total. The number of amides is 1. The summed E-state index contributed by atoms with van der Waals surface area (Å²) >= 11 is 0. The molecule has 0 bridgehead atoms. The quantitative estimate of drug-likeness (QED) is 0.612. The second-order valence-corrected chi connectivity index (χ2v) is 6.95. The smallest absolute Gasteiger partial charge is 0.339 e. The van der Waals surface area contributed by atoms with Gasteiger partial charge in [-0.15, -0.1) is 0 Å². The molecule has 122 valence electrons. The fraction of sp³-hybridized carbons (Fsp3) is 0.765. The zero-order valence-electron chi connectivity index (χ0n) is 13.5. The highest BCUT2D eigenvalue weighted by Crippen LogP contribution is 2.58. The Bertz CT molecular complexity index is 541. The molecule has 1 aliphatic carbocycles. The predicted molar refractivity (Wildman–Crippen MR) is 80.9 cm³/mol. The van der Waals surface area contributed by atoms with Gasteiger partial charge in [0, 0.05) is 5.92 Å². The lowest BCUT2D eigenvalue weighted by Crippen LogP contribution is -2.84. The summed E-state index contributed by atoms with van der Waals surface area (Å²) in [7, 11) is 0. The fourth-order valence-corrected chi connectivity index (χ4v) is 4.84. The Hall–Kier alpha value is -1.36. The molecule has 5 heteroatoms. The van der Waals surface area contributed by atoms with Crippen molar-refractivity contribution in [2.75, 3.05) is 0 Å². The van der Waals surface area contributed by atoms with Gasteiger partial charge in [0.1, 0.15) is 5.60 Å². The molecule has 3 rings (SSSR count). The lowest BCUT2D eigenvalue weighted by molar-refractivity contribution is -0.262. The Kier molecular flexibility index (Phi) is 3.40. The standard InChI is InChI=1S/C17H25NO4/c1-4-12-13(19)18-17(14(20)22-16(12,17)5-2)15(3,21)11-9-7-6-8-10-11/h7,9,11-12,21H,4-6,8,10H2,1-3H3,(H,18,19)/t11-,12+,15+,16+,17-/m1/s1. The van der Waals surface area contributed by atoms with Crippen molar-refractivity contribution in [1.29, 1.82) is 0 Å². The molecule has 2 heterocycles. The van der Waals surface area contributed by atoms with Gasteiger partial charge in [0.05, 0.1) is 5.92 Å². The van der Waals surface area contributed by atoms with Crippen LogP contribution < -0.4 is 5.32 Å². The summed E-state index contributed by atoms with van der Waals surface area (Å²) in [6, 6.07) is 0. The number of carbonyl (C=O) groups is 2. The van der Waals surface area contributed by atoms with Crippen LogP contribution in [0, 0.1) is 11.8 Å². The van der Waals surface area contributed by atoms with Crippen molar-refractivity contribution in [3.63, 3.8) is 0 Å². The van der Waals surface area contributed by atoms with E-state index < -0.39 is 28.6 Å². The van der Waals surface area contributed by atoms with Crippen LogP contribution in [0.5, 0.6) is 0 Å². The molecule has 22 heavy (non-hydrogen) atoms. The Balaban J connectivity index is 2.09. The molecule has 0 radical (unpaired) electrons. The summed E-state index contributed by atoms with van der Waals surface area (Å²) in [5, 5.41) is 14.2. The number of ether oxygens (including phenoxy) is 1. The van der Waals surface area contributed by atoms with E-state index in [4.69, 9.17) is 4.74 Å². The first kappa shape index (κ1) is 15.5. The minimum absolute atomic E-state index is 0.157. The minimum Gasteiger partial charge on any atom is -0.453 e. The van der Waals surface area contributed by atoms with Crippen LogP contribution in [0.1, 0.15) is 52.9 Å². The van der Waals surface area contributed by atoms with Crippen LogP contribution in [-0.4, -0.2) is 33.7 Å². The fourth-order valence-electron chi connectivity index (χ4n) is 4.84. The third kappa shape index (κ3) is 1.53. The summed E-state index contributed by atoms with van der Waals surface area (Å²) in [5.74, 6) is -1.23. The molecule has 2 saturated heterocycles. The van der Waals surface area contributed by atoms with Gasteiger partial charge >= 0.3 is 5.97 Å². The third-order valence-electron chi connectivity index (χ3n) is 6.07. The van der Waals surface area contributed by atoms with Crippen LogP contribution in [0.25, 0.3) is 0 Å². The second-order valence-electron chi connectivity index (χ2n) is 6.95. The van der Waals surface area contributed by atoms with Gasteiger partial charge in [0.2, 0.25) is 11.4 Å². The topological polar surface area (TPSA) is 75.6 Å². The number of esters is 1. The van der Waals surface area contributed by atoms with Crippen molar-refractivity contribution >= 4 is 11.9 Å². The van der Waals surface area contributed by atoms with Gasteiger partial charge < -0.3 is 15.2 Å². The zero-order chi connectivity index (χ0) is 16.2. The maximum atomic E-state index is 12.5. The zero-order valence-corrected chi connectivity index (χ0v) is 13.5. The van der Waals surface area contributed by atoms with E-state index in [1.54, 1.807) is 6.92 Å². The van der Waals surface area contributed by atoms with Gasteiger partial charge in [-0.25, -0.2) is 4.79 Å². The number of rotatable bonds is 4. The van der Waals surface area contributed by atoms with Gasteiger partial charge in [-0.3, -0.25) is 4.79 Å². The van der Waals surface area contributed by atoms with Crippen molar-refractivity contribution in [2.45, 2.75) is 69.6 Å². The molecule has 0 saturated carbocycles. The van der Waals surface area contributed by atoms with Crippen molar-refractivity contribution in [2.24, 2.45) is 11.8 Å². The van der Waals surface area contributed by atoms with Crippen LogP contribution in [-0.2, 0) is 14.3 Å². The van der Waals surface area contributed by atoms with Gasteiger partial charge in [0.15, 0.2) is 5.60 Å². The van der Waals surface area contributed by atoms with Crippen LogP contribution in [0.3, 0.4) is 0 Å². The Morgan fingerprint density at radius 2 is 2.18 bits per heavy atom. The predicted octanol–water partition coefficient (Wildman–Crippen LogP) is 1.69. The molecule has 0 aromatic heterocycles. The third-order valence-corrected chi connectivity index (χ3v) is 6.07. The van der Waals surface area contributed by atoms with Crippen molar-refractivity contribution in [3.05, 3.63) is 12.2 Å². The Morgan fingerprint density at radius 1 is 1.45 bits per heavy atom. The average Bonchev–Trinajstić information content (AvgIpc) is 2.72. The summed E-state index contributed by atoms with van der Waals surface area (Å²) in [5.41, 5.74) is -3.60. The van der Waals surface area contributed by atoms with E-state index in [2.05, 4.69) is 5.32 Å². The first-order valence-corrected chi connectivity index (χ1v) is 8.32. The lowest BCUT2D eigenvalue weighted by atomic mass is 9.57. The molecule has 1 amide bonds. The largest absolute Gasteiger partial charge is 0.453 e. The van der Waals surface area contributed by atoms with E-state index in [1.165, 1.54) is 0 Å². The maximum Gasteiger partial charge on any atom is 0.339 e. The van der Waals surface area contributed by atoms with Gasteiger partial charge in [-0.05, 0) is 39.0 Å². The normalized spacial score (nSPS) is 42.9. The summed E-state index contributed by atoms with van der Waals surface area (Å²) in [6.07, 6.45) is 7.92. The van der Waals surface area contributed by atoms with Crippen LogP contribution in [0.4, 0.5) is 0 Å².